The summed E-state index contributed by atoms with van der Waals surface area (Å²) in [6.07, 6.45) is 0. The number of amides is 1. The van der Waals surface area contributed by atoms with Crippen molar-refractivity contribution in [1.29, 1.82) is 0 Å². The van der Waals surface area contributed by atoms with E-state index in [0.717, 1.165) is 25.4 Å². The van der Waals surface area contributed by atoms with Crippen molar-refractivity contribution in [1.82, 2.24) is 4.31 Å². The molecule has 1 N–H and O–H groups in total. The Bertz CT molecular complexity index is 1230. The van der Waals surface area contributed by atoms with E-state index in [2.05, 4.69) is 5.32 Å². The fourth-order valence-corrected chi connectivity index (χ4v) is 4.25. The van der Waals surface area contributed by atoms with Gasteiger partial charge in [0.15, 0.2) is 0 Å². The molecule has 0 aliphatic rings. The van der Waals surface area contributed by atoms with Crippen LogP contribution in [0, 0.1) is 19.7 Å². The van der Waals surface area contributed by atoms with Gasteiger partial charge in [-0.3, -0.25) is 9.10 Å². The van der Waals surface area contributed by atoms with Gasteiger partial charge >= 0.3 is 10.2 Å². The van der Waals surface area contributed by atoms with E-state index >= 15 is 0 Å². The highest BCUT2D eigenvalue weighted by Crippen LogP contribution is 2.25. The highest BCUT2D eigenvalue weighted by atomic mass is 32.2. The number of aryl methyl sites for hydroxylation is 1. The van der Waals surface area contributed by atoms with Crippen molar-refractivity contribution in [3.63, 3.8) is 0 Å². The van der Waals surface area contributed by atoms with Crippen molar-refractivity contribution >= 4 is 27.5 Å². The first-order chi connectivity index (χ1) is 15.1. The summed E-state index contributed by atoms with van der Waals surface area (Å²) >= 11 is 0. The number of anilines is 2. The molecule has 8 heteroatoms. The molecule has 0 saturated carbocycles. The average Bonchev–Trinajstić information content (AvgIpc) is 2.76. The third kappa shape index (κ3) is 4.98. The van der Waals surface area contributed by atoms with Crippen molar-refractivity contribution in [3.8, 4) is 0 Å². The van der Waals surface area contributed by atoms with Crippen LogP contribution in [0.5, 0.6) is 0 Å². The Balaban J connectivity index is 1.84. The maximum Gasteiger partial charge on any atom is 0.303 e. The second-order valence-electron chi connectivity index (χ2n) is 7.65. The highest BCUT2D eigenvalue weighted by Gasteiger charge is 2.27. The molecule has 0 aliphatic carbocycles. The Morgan fingerprint density at radius 2 is 1.59 bits per heavy atom. The van der Waals surface area contributed by atoms with Crippen molar-refractivity contribution in [2.75, 3.05) is 23.7 Å². The van der Waals surface area contributed by atoms with Gasteiger partial charge in [0.2, 0.25) is 0 Å². The average molecular weight is 456 g/mol. The molecule has 0 atom stereocenters. The van der Waals surface area contributed by atoms with Gasteiger partial charge < -0.3 is 5.32 Å². The van der Waals surface area contributed by atoms with Gasteiger partial charge in [-0.05, 0) is 60.9 Å². The molecule has 0 radical (unpaired) electrons. The molecule has 0 fully saturated rings. The summed E-state index contributed by atoms with van der Waals surface area (Å²) in [5.74, 6) is -0.903. The summed E-state index contributed by atoms with van der Waals surface area (Å²) in [6.45, 7) is 3.83. The van der Waals surface area contributed by atoms with Crippen molar-refractivity contribution < 1.29 is 17.6 Å². The minimum atomic E-state index is -3.94. The smallest absolute Gasteiger partial charge is 0.303 e. The topological polar surface area (TPSA) is 69.7 Å². The third-order valence-electron chi connectivity index (χ3n) is 5.26. The van der Waals surface area contributed by atoms with Gasteiger partial charge in [-0.25, -0.2) is 4.39 Å². The number of carbonyl (C=O) groups excluding carboxylic acids is 1. The van der Waals surface area contributed by atoms with E-state index in [1.54, 1.807) is 30.3 Å². The molecule has 0 unspecified atom stereocenters. The van der Waals surface area contributed by atoms with Crippen LogP contribution in [0.1, 0.15) is 27.0 Å². The molecular formula is C24H26FN3O3S. The molecule has 6 nitrogen and oxygen atoms in total. The van der Waals surface area contributed by atoms with Crippen molar-refractivity contribution in [3.05, 3.63) is 94.8 Å². The zero-order chi connectivity index (χ0) is 23.5. The number of hydrogen-bond acceptors (Lipinski definition) is 3. The molecule has 32 heavy (non-hydrogen) atoms. The molecule has 0 spiro atoms. The van der Waals surface area contributed by atoms with Crippen molar-refractivity contribution in [2.45, 2.75) is 20.4 Å². The largest absolute Gasteiger partial charge is 0.322 e. The number of para-hydroxylation sites is 1. The Labute approximate surface area is 188 Å². The standard InChI is InChI=1S/C24H26FN3O3S/c1-17-8-7-10-22(18(17)2)26-24(29)20-14-12-19(13-15-20)16-28(32(30,31)27(3)4)23-11-6-5-9-21(23)25/h5-15H,16H2,1-4H3,(H,26,29). The van der Waals surface area contributed by atoms with Crippen LogP contribution in [-0.2, 0) is 16.8 Å². The van der Waals surface area contributed by atoms with Crippen LogP contribution < -0.4 is 9.62 Å². The normalized spacial score (nSPS) is 11.4. The van der Waals surface area contributed by atoms with E-state index in [1.165, 1.54) is 32.3 Å². The van der Waals surface area contributed by atoms with Crippen LogP contribution in [0.4, 0.5) is 15.8 Å². The summed E-state index contributed by atoms with van der Waals surface area (Å²) in [5, 5.41) is 2.90. The quantitative estimate of drug-likeness (QED) is 0.570. The second kappa shape index (κ2) is 9.50. The molecule has 0 bridgehead atoms. The molecular weight excluding hydrogens is 429 g/mol. The molecule has 0 saturated heterocycles. The zero-order valence-electron chi connectivity index (χ0n) is 18.5. The third-order valence-corrected chi connectivity index (χ3v) is 7.06. The number of halogens is 1. The highest BCUT2D eigenvalue weighted by molar-refractivity contribution is 7.90. The number of hydrogen-bond donors (Lipinski definition) is 1. The minimum absolute atomic E-state index is 0.0436. The van der Waals surface area contributed by atoms with Crippen LogP contribution in [0.3, 0.4) is 0 Å². The summed E-state index contributed by atoms with van der Waals surface area (Å²) in [4.78, 5) is 12.7. The molecule has 3 aromatic rings. The van der Waals surface area contributed by atoms with Crippen LogP contribution in [0.2, 0.25) is 0 Å². The summed E-state index contributed by atoms with van der Waals surface area (Å²) in [5.41, 5.74) is 3.81. The van der Waals surface area contributed by atoms with E-state index < -0.39 is 16.0 Å². The van der Waals surface area contributed by atoms with E-state index in [4.69, 9.17) is 0 Å². The second-order valence-corrected chi connectivity index (χ2v) is 9.71. The van der Waals surface area contributed by atoms with Crippen LogP contribution in [-0.4, -0.2) is 32.7 Å². The molecule has 0 aliphatic heterocycles. The molecule has 168 valence electrons. The molecule has 0 aromatic heterocycles. The fraction of sp³-hybridized carbons (Fsp3) is 0.208. The fourth-order valence-electron chi connectivity index (χ4n) is 3.15. The van der Waals surface area contributed by atoms with E-state index in [9.17, 15) is 17.6 Å². The lowest BCUT2D eigenvalue weighted by atomic mass is 10.1. The first kappa shape index (κ1) is 23.4. The lowest BCUT2D eigenvalue weighted by Gasteiger charge is -2.27. The lowest BCUT2D eigenvalue weighted by molar-refractivity contribution is 0.102. The Kier molecular flexibility index (Phi) is 6.96. The molecule has 1 amide bonds. The first-order valence-electron chi connectivity index (χ1n) is 10.0. The van der Waals surface area contributed by atoms with Gasteiger partial charge in [-0.2, -0.15) is 12.7 Å². The van der Waals surface area contributed by atoms with Gasteiger partial charge in [0, 0.05) is 25.3 Å². The number of rotatable bonds is 7. The van der Waals surface area contributed by atoms with Crippen LogP contribution in [0.25, 0.3) is 0 Å². The van der Waals surface area contributed by atoms with E-state index in [-0.39, 0.29) is 18.1 Å². The summed E-state index contributed by atoms with van der Waals surface area (Å²) < 4.78 is 42.1. The van der Waals surface area contributed by atoms with Gasteiger partial charge in [-0.15, -0.1) is 0 Å². The van der Waals surface area contributed by atoms with E-state index in [0.29, 0.717) is 11.1 Å². The molecule has 3 rings (SSSR count). The summed E-state index contributed by atoms with van der Waals surface area (Å²) in [7, 11) is -1.16. The van der Waals surface area contributed by atoms with Gasteiger partial charge in [0.25, 0.3) is 5.91 Å². The van der Waals surface area contributed by atoms with Crippen molar-refractivity contribution in [2.24, 2.45) is 0 Å². The Hall–Kier alpha value is -3.23. The summed E-state index contributed by atoms with van der Waals surface area (Å²) in [6, 6.07) is 18.0. The number of nitrogens with one attached hydrogen (secondary N) is 1. The SMILES string of the molecule is Cc1cccc(NC(=O)c2ccc(CN(c3ccccc3F)S(=O)(=O)N(C)C)cc2)c1C. The predicted octanol–water partition coefficient (Wildman–Crippen LogP) is 4.51. The van der Waals surface area contributed by atoms with Crippen LogP contribution >= 0.6 is 0 Å². The maximum atomic E-state index is 14.4. The van der Waals surface area contributed by atoms with Gasteiger partial charge in [0.1, 0.15) is 5.82 Å². The number of nitrogens with zero attached hydrogens (tertiary/aromatic N) is 2. The van der Waals surface area contributed by atoms with Gasteiger partial charge in [0.05, 0.1) is 12.2 Å². The van der Waals surface area contributed by atoms with Gasteiger partial charge in [-0.1, -0.05) is 36.4 Å². The lowest BCUT2D eigenvalue weighted by Crippen LogP contribution is -2.40. The first-order valence-corrected chi connectivity index (χ1v) is 11.4. The Morgan fingerprint density at radius 1 is 0.938 bits per heavy atom. The maximum absolute atomic E-state index is 14.4. The zero-order valence-corrected chi connectivity index (χ0v) is 19.3. The molecule has 0 heterocycles. The monoisotopic (exact) mass is 455 g/mol. The number of benzene rings is 3. The van der Waals surface area contributed by atoms with E-state index in [1.807, 2.05) is 32.0 Å². The minimum Gasteiger partial charge on any atom is -0.322 e. The molecule has 3 aromatic carbocycles. The predicted molar refractivity (Wildman–Crippen MR) is 126 cm³/mol. The Morgan fingerprint density at radius 3 is 2.22 bits per heavy atom. The van der Waals surface area contributed by atoms with Crippen LogP contribution in [0.15, 0.2) is 66.7 Å². The number of carbonyl (C=O) groups is 1.